The van der Waals surface area contributed by atoms with Gasteiger partial charge in [-0.25, -0.2) is 0 Å². The first-order valence-corrected chi connectivity index (χ1v) is 4.73. The molecule has 0 radical (unpaired) electrons. The Kier molecular flexibility index (Phi) is 3.87. The van der Waals surface area contributed by atoms with Gasteiger partial charge in [0.2, 0.25) is 0 Å². The van der Waals surface area contributed by atoms with Crippen LogP contribution >= 0.6 is 0 Å². The van der Waals surface area contributed by atoms with Gasteiger partial charge in [0.1, 0.15) is 0 Å². The number of nitrogens with one attached hydrogen (secondary N) is 1. The molecule has 0 aliphatic carbocycles. The molecular formula is C9H20N2. The zero-order chi connectivity index (χ0) is 8.10. The van der Waals surface area contributed by atoms with Crippen molar-refractivity contribution in [2.24, 2.45) is 0 Å². The molecule has 0 unspecified atom stereocenters. The van der Waals surface area contributed by atoms with E-state index >= 15 is 0 Å². The fraction of sp³-hybridized carbons (Fsp3) is 1.00. The quantitative estimate of drug-likeness (QED) is 0.655. The van der Waals surface area contributed by atoms with Crippen LogP contribution in [0.2, 0.25) is 0 Å². The number of hydrogen-bond donors (Lipinski definition) is 1. The first-order chi connectivity index (χ1) is 5.34. The van der Waals surface area contributed by atoms with E-state index in [-0.39, 0.29) is 0 Å². The Morgan fingerprint density at radius 1 is 1.36 bits per heavy atom. The molecule has 0 spiro atoms. The molecule has 1 rings (SSSR count). The zero-order valence-corrected chi connectivity index (χ0v) is 7.77. The van der Waals surface area contributed by atoms with Crippen LogP contribution in [0.1, 0.15) is 26.2 Å². The highest BCUT2D eigenvalue weighted by Crippen LogP contribution is 2.12. The first kappa shape index (κ1) is 9.01. The highest BCUT2D eigenvalue weighted by atomic mass is 15.2. The summed E-state index contributed by atoms with van der Waals surface area (Å²) in [7, 11) is 2.02. The van der Waals surface area contributed by atoms with E-state index in [9.17, 15) is 0 Å². The lowest BCUT2D eigenvalue weighted by atomic mass is 10.2. The third kappa shape index (κ3) is 2.80. The Morgan fingerprint density at radius 3 is 2.55 bits per heavy atom. The number of rotatable bonds is 4. The van der Waals surface area contributed by atoms with E-state index in [0.29, 0.717) is 0 Å². The molecule has 0 amide bonds. The number of likely N-dealkylation sites (tertiary alicyclic amines) is 1. The van der Waals surface area contributed by atoms with Crippen LogP contribution in [0.3, 0.4) is 0 Å². The van der Waals surface area contributed by atoms with Gasteiger partial charge in [0, 0.05) is 6.04 Å². The monoisotopic (exact) mass is 156 g/mol. The molecule has 2 heteroatoms. The minimum atomic E-state index is 0.782. The smallest absolute Gasteiger partial charge is 0.00790 e. The lowest BCUT2D eigenvalue weighted by Crippen LogP contribution is -2.32. The topological polar surface area (TPSA) is 15.3 Å². The van der Waals surface area contributed by atoms with E-state index in [1.807, 2.05) is 7.05 Å². The van der Waals surface area contributed by atoms with Crippen molar-refractivity contribution in [1.29, 1.82) is 0 Å². The summed E-state index contributed by atoms with van der Waals surface area (Å²) < 4.78 is 0. The third-order valence-corrected chi connectivity index (χ3v) is 2.58. The Labute approximate surface area is 70.0 Å². The van der Waals surface area contributed by atoms with E-state index in [2.05, 4.69) is 17.1 Å². The van der Waals surface area contributed by atoms with Gasteiger partial charge in [0.15, 0.2) is 0 Å². The lowest BCUT2D eigenvalue weighted by Gasteiger charge is -2.23. The molecule has 0 aromatic heterocycles. The molecule has 2 nitrogen and oxygen atoms in total. The van der Waals surface area contributed by atoms with Crippen LogP contribution in [0.15, 0.2) is 0 Å². The van der Waals surface area contributed by atoms with Gasteiger partial charge in [-0.1, -0.05) is 0 Å². The Hall–Kier alpha value is -0.0800. The van der Waals surface area contributed by atoms with E-state index in [0.717, 1.165) is 12.6 Å². The van der Waals surface area contributed by atoms with Crippen LogP contribution in [0, 0.1) is 0 Å². The summed E-state index contributed by atoms with van der Waals surface area (Å²) in [4.78, 5) is 2.59. The van der Waals surface area contributed by atoms with Gasteiger partial charge in [-0.15, -0.1) is 0 Å². The Balaban J connectivity index is 2.12. The van der Waals surface area contributed by atoms with Crippen molar-refractivity contribution in [1.82, 2.24) is 10.2 Å². The van der Waals surface area contributed by atoms with Crippen LogP contribution in [-0.2, 0) is 0 Å². The molecule has 1 saturated heterocycles. The Bertz CT molecular complexity index is 97.7. The third-order valence-electron chi connectivity index (χ3n) is 2.58. The molecule has 66 valence electrons. The molecule has 1 atom stereocenters. The molecule has 0 aromatic rings. The predicted molar refractivity (Wildman–Crippen MR) is 48.8 cm³/mol. The second-order valence-electron chi connectivity index (χ2n) is 3.48. The minimum Gasteiger partial charge on any atom is -0.320 e. The van der Waals surface area contributed by atoms with Crippen molar-refractivity contribution in [2.45, 2.75) is 32.2 Å². The zero-order valence-electron chi connectivity index (χ0n) is 7.77. The number of hydrogen-bond acceptors (Lipinski definition) is 2. The van der Waals surface area contributed by atoms with Crippen LogP contribution in [0.5, 0.6) is 0 Å². The van der Waals surface area contributed by atoms with Crippen molar-refractivity contribution < 1.29 is 0 Å². The molecule has 1 heterocycles. The molecule has 1 fully saturated rings. The van der Waals surface area contributed by atoms with Gasteiger partial charge in [-0.2, -0.15) is 0 Å². The van der Waals surface area contributed by atoms with Crippen LogP contribution < -0.4 is 5.32 Å². The van der Waals surface area contributed by atoms with Crippen LogP contribution in [-0.4, -0.2) is 37.6 Å². The highest BCUT2D eigenvalue weighted by molar-refractivity contribution is 4.72. The van der Waals surface area contributed by atoms with Crippen LogP contribution in [0.25, 0.3) is 0 Å². The SMILES string of the molecule is CNCC[C@@H](C)N1CCCC1. The second kappa shape index (κ2) is 4.73. The van der Waals surface area contributed by atoms with Gasteiger partial charge >= 0.3 is 0 Å². The summed E-state index contributed by atoms with van der Waals surface area (Å²) in [6, 6.07) is 0.782. The van der Waals surface area contributed by atoms with Gasteiger partial charge in [-0.05, 0) is 52.9 Å². The molecule has 1 aliphatic rings. The highest BCUT2D eigenvalue weighted by Gasteiger charge is 2.16. The Morgan fingerprint density at radius 2 is 2.00 bits per heavy atom. The summed E-state index contributed by atoms with van der Waals surface area (Å²) in [6.07, 6.45) is 4.10. The first-order valence-electron chi connectivity index (χ1n) is 4.73. The van der Waals surface area contributed by atoms with E-state index in [4.69, 9.17) is 0 Å². The fourth-order valence-electron chi connectivity index (χ4n) is 1.72. The molecule has 0 aromatic carbocycles. The maximum absolute atomic E-state index is 3.20. The average Bonchev–Trinajstić information content (AvgIpc) is 2.52. The molecule has 11 heavy (non-hydrogen) atoms. The number of nitrogens with zero attached hydrogens (tertiary/aromatic N) is 1. The molecule has 1 N–H and O–H groups in total. The molecule has 1 aliphatic heterocycles. The summed E-state index contributed by atoms with van der Waals surface area (Å²) in [6.45, 7) is 6.14. The van der Waals surface area contributed by atoms with Gasteiger partial charge in [-0.3, -0.25) is 0 Å². The van der Waals surface area contributed by atoms with E-state index in [1.54, 1.807) is 0 Å². The summed E-state index contributed by atoms with van der Waals surface area (Å²) in [5.74, 6) is 0. The largest absolute Gasteiger partial charge is 0.320 e. The summed E-state index contributed by atoms with van der Waals surface area (Å²) >= 11 is 0. The van der Waals surface area contributed by atoms with Crippen molar-refractivity contribution in [3.05, 3.63) is 0 Å². The second-order valence-corrected chi connectivity index (χ2v) is 3.48. The average molecular weight is 156 g/mol. The van der Waals surface area contributed by atoms with Gasteiger partial charge < -0.3 is 10.2 Å². The van der Waals surface area contributed by atoms with Gasteiger partial charge in [0.05, 0.1) is 0 Å². The van der Waals surface area contributed by atoms with Crippen molar-refractivity contribution in [2.75, 3.05) is 26.7 Å². The minimum absolute atomic E-state index is 0.782. The van der Waals surface area contributed by atoms with E-state index < -0.39 is 0 Å². The molecule has 0 saturated carbocycles. The van der Waals surface area contributed by atoms with Crippen molar-refractivity contribution in [3.8, 4) is 0 Å². The molecule has 0 bridgehead atoms. The van der Waals surface area contributed by atoms with Crippen molar-refractivity contribution >= 4 is 0 Å². The lowest BCUT2D eigenvalue weighted by molar-refractivity contribution is 0.247. The molecular weight excluding hydrogens is 136 g/mol. The summed E-state index contributed by atoms with van der Waals surface area (Å²) in [5, 5.41) is 3.20. The predicted octanol–water partition coefficient (Wildman–Crippen LogP) is 1.08. The fourth-order valence-corrected chi connectivity index (χ4v) is 1.72. The van der Waals surface area contributed by atoms with Gasteiger partial charge in [0.25, 0.3) is 0 Å². The maximum Gasteiger partial charge on any atom is 0.00790 e. The standard InChI is InChI=1S/C9H20N2/c1-9(5-6-10-2)11-7-3-4-8-11/h9-10H,3-8H2,1-2H3/t9-/m1/s1. The van der Waals surface area contributed by atoms with Crippen LogP contribution in [0.4, 0.5) is 0 Å². The normalized spacial score (nSPS) is 22.4. The van der Waals surface area contributed by atoms with Crippen molar-refractivity contribution in [3.63, 3.8) is 0 Å². The maximum atomic E-state index is 3.20. The van der Waals surface area contributed by atoms with E-state index in [1.165, 1.54) is 32.4 Å². The summed E-state index contributed by atoms with van der Waals surface area (Å²) in [5.41, 5.74) is 0.